The lowest BCUT2D eigenvalue weighted by atomic mass is 10.2. The summed E-state index contributed by atoms with van der Waals surface area (Å²) in [6, 6.07) is 4.92. The van der Waals surface area contributed by atoms with Crippen molar-refractivity contribution >= 4 is 0 Å². The van der Waals surface area contributed by atoms with Crippen LogP contribution in [0.25, 0.3) is 11.3 Å². The standard InChI is InChI=1S/C12H13N3O2/c1-8(2)17-10-5-9(6-13-7-10)11-3-4-12(16)15-14-11/h3-8H,1-2H3,(H,15,16). The summed E-state index contributed by atoms with van der Waals surface area (Å²) in [6.07, 6.45) is 3.42. The van der Waals surface area contributed by atoms with Gasteiger partial charge in [-0.1, -0.05) is 0 Å². The zero-order valence-corrected chi connectivity index (χ0v) is 9.68. The van der Waals surface area contributed by atoms with Gasteiger partial charge in [0.15, 0.2) is 0 Å². The lowest BCUT2D eigenvalue weighted by molar-refractivity contribution is 0.241. The summed E-state index contributed by atoms with van der Waals surface area (Å²) in [5, 5.41) is 6.32. The van der Waals surface area contributed by atoms with E-state index in [1.54, 1.807) is 18.5 Å². The van der Waals surface area contributed by atoms with Gasteiger partial charge in [-0.05, 0) is 26.0 Å². The van der Waals surface area contributed by atoms with E-state index in [1.807, 2.05) is 19.9 Å². The molecule has 5 heteroatoms. The van der Waals surface area contributed by atoms with Crippen molar-refractivity contribution in [2.75, 3.05) is 0 Å². The molecule has 0 spiro atoms. The van der Waals surface area contributed by atoms with Gasteiger partial charge in [0.1, 0.15) is 5.75 Å². The average molecular weight is 231 g/mol. The van der Waals surface area contributed by atoms with E-state index in [2.05, 4.69) is 15.2 Å². The minimum absolute atomic E-state index is 0.0931. The summed E-state index contributed by atoms with van der Waals surface area (Å²) in [7, 11) is 0. The Labute approximate surface area is 98.5 Å². The number of H-pyrrole nitrogens is 1. The van der Waals surface area contributed by atoms with Crippen molar-refractivity contribution in [3.05, 3.63) is 40.9 Å². The van der Waals surface area contributed by atoms with E-state index in [4.69, 9.17) is 4.74 Å². The number of rotatable bonds is 3. The van der Waals surface area contributed by atoms with E-state index in [1.165, 1.54) is 6.07 Å². The fraction of sp³-hybridized carbons (Fsp3) is 0.250. The Morgan fingerprint density at radius 1 is 1.29 bits per heavy atom. The van der Waals surface area contributed by atoms with Gasteiger partial charge in [0.05, 0.1) is 18.0 Å². The number of aromatic amines is 1. The second-order valence-electron chi connectivity index (χ2n) is 3.88. The lowest BCUT2D eigenvalue weighted by Crippen LogP contribution is -2.07. The van der Waals surface area contributed by atoms with Crippen molar-refractivity contribution in [2.24, 2.45) is 0 Å². The van der Waals surface area contributed by atoms with Crippen LogP contribution in [0.3, 0.4) is 0 Å². The molecule has 1 N–H and O–H groups in total. The predicted octanol–water partition coefficient (Wildman–Crippen LogP) is 1.62. The predicted molar refractivity (Wildman–Crippen MR) is 63.9 cm³/mol. The molecule has 0 saturated heterocycles. The lowest BCUT2D eigenvalue weighted by Gasteiger charge is -2.09. The van der Waals surface area contributed by atoms with E-state index >= 15 is 0 Å². The molecular weight excluding hydrogens is 218 g/mol. The Bertz CT molecular complexity index is 543. The van der Waals surface area contributed by atoms with Crippen molar-refractivity contribution < 1.29 is 4.74 Å². The van der Waals surface area contributed by atoms with Crippen LogP contribution in [0.1, 0.15) is 13.8 Å². The zero-order valence-electron chi connectivity index (χ0n) is 9.68. The maximum absolute atomic E-state index is 10.9. The molecule has 2 aromatic heterocycles. The highest BCUT2D eigenvalue weighted by Crippen LogP contribution is 2.20. The quantitative estimate of drug-likeness (QED) is 0.871. The largest absolute Gasteiger partial charge is 0.489 e. The maximum Gasteiger partial charge on any atom is 0.264 e. The molecule has 0 unspecified atom stereocenters. The number of pyridine rings is 1. The monoisotopic (exact) mass is 231 g/mol. The minimum atomic E-state index is -0.226. The van der Waals surface area contributed by atoms with Crippen molar-refractivity contribution in [2.45, 2.75) is 20.0 Å². The Morgan fingerprint density at radius 3 is 2.76 bits per heavy atom. The van der Waals surface area contributed by atoms with E-state index < -0.39 is 0 Å². The molecule has 5 nitrogen and oxygen atoms in total. The second-order valence-corrected chi connectivity index (χ2v) is 3.88. The first kappa shape index (κ1) is 11.3. The van der Waals surface area contributed by atoms with Crippen LogP contribution in [0.2, 0.25) is 0 Å². The number of ether oxygens (including phenoxy) is 1. The fourth-order valence-corrected chi connectivity index (χ4v) is 1.40. The first-order valence-electron chi connectivity index (χ1n) is 5.33. The highest BCUT2D eigenvalue weighted by Gasteiger charge is 2.03. The maximum atomic E-state index is 10.9. The van der Waals surface area contributed by atoms with Crippen LogP contribution >= 0.6 is 0 Å². The third kappa shape index (κ3) is 2.90. The van der Waals surface area contributed by atoms with Crippen molar-refractivity contribution in [1.29, 1.82) is 0 Å². The number of hydrogen-bond acceptors (Lipinski definition) is 4. The molecule has 0 aliphatic rings. The molecular formula is C12H13N3O2. The van der Waals surface area contributed by atoms with Gasteiger partial charge in [0, 0.05) is 17.8 Å². The van der Waals surface area contributed by atoms with Crippen molar-refractivity contribution in [3.8, 4) is 17.0 Å². The van der Waals surface area contributed by atoms with E-state index in [0.717, 1.165) is 5.56 Å². The summed E-state index contributed by atoms with van der Waals surface area (Å²) < 4.78 is 5.54. The molecule has 2 aromatic rings. The van der Waals surface area contributed by atoms with E-state index in [9.17, 15) is 4.79 Å². The molecule has 0 aromatic carbocycles. The van der Waals surface area contributed by atoms with Gasteiger partial charge >= 0.3 is 0 Å². The van der Waals surface area contributed by atoms with Gasteiger partial charge in [0.25, 0.3) is 5.56 Å². The van der Waals surface area contributed by atoms with Crippen LogP contribution in [0.4, 0.5) is 0 Å². The Kier molecular flexibility index (Phi) is 3.18. The fourth-order valence-electron chi connectivity index (χ4n) is 1.40. The molecule has 0 fully saturated rings. The molecule has 0 atom stereocenters. The van der Waals surface area contributed by atoms with Gasteiger partial charge in [0.2, 0.25) is 0 Å². The molecule has 2 heterocycles. The third-order valence-electron chi connectivity index (χ3n) is 2.06. The molecule has 0 radical (unpaired) electrons. The highest BCUT2D eigenvalue weighted by atomic mass is 16.5. The minimum Gasteiger partial charge on any atom is -0.489 e. The highest BCUT2D eigenvalue weighted by molar-refractivity contribution is 5.58. The summed E-state index contributed by atoms with van der Waals surface area (Å²) in [6.45, 7) is 3.90. The van der Waals surface area contributed by atoms with Crippen LogP contribution < -0.4 is 10.3 Å². The summed E-state index contributed by atoms with van der Waals surface area (Å²) >= 11 is 0. The summed E-state index contributed by atoms with van der Waals surface area (Å²) in [4.78, 5) is 15.0. The Morgan fingerprint density at radius 2 is 2.12 bits per heavy atom. The number of nitrogens with one attached hydrogen (secondary N) is 1. The number of hydrogen-bond donors (Lipinski definition) is 1. The molecule has 0 amide bonds. The first-order chi connectivity index (χ1) is 8.15. The molecule has 0 aliphatic carbocycles. The topological polar surface area (TPSA) is 67.9 Å². The SMILES string of the molecule is CC(C)Oc1cncc(-c2ccc(=O)[nH]n2)c1. The molecule has 2 rings (SSSR count). The third-order valence-corrected chi connectivity index (χ3v) is 2.06. The van der Waals surface area contributed by atoms with Gasteiger partial charge in [-0.25, -0.2) is 5.10 Å². The average Bonchev–Trinajstić information content (AvgIpc) is 2.29. The summed E-state index contributed by atoms with van der Waals surface area (Å²) in [5.74, 6) is 0.686. The van der Waals surface area contributed by atoms with Crippen LogP contribution in [-0.4, -0.2) is 21.3 Å². The van der Waals surface area contributed by atoms with Crippen LogP contribution in [0.5, 0.6) is 5.75 Å². The van der Waals surface area contributed by atoms with E-state index in [-0.39, 0.29) is 11.7 Å². The van der Waals surface area contributed by atoms with E-state index in [0.29, 0.717) is 11.4 Å². The molecule has 0 bridgehead atoms. The number of aromatic nitrogens is 3. The van der Waals surface area contributed by atoms with Gasteiger partial charge in [-0.3, -0.25) is 9.78 Å². The second kappa shape index (κ2) is 4.78. The van der Waals surface area contributed by atoms with Gasteiger partial charge in [-0.15, -0.1) is 0 Å². The Hall–Kier alpha value is -2.17. The zero-order chi connectivity index (χ0) is 12.3. The molecule has 88 valence electrons. The normalized spacial score (nSPS) is 10.5. The summed E-state index contributed by atoms with van der Waals surface area (Å²) in [5.41, 5.74) is 1.24. The van der Waals surface area contributed by atoms with Crippen LogP contribution in [-0.2, 0) is 0 Å². The molecule has 0 saturated carbocycles. The first-order valence-corrected chi connectivity index (χ1v) is 5.33. The number of nitrogens with zero attached hydrogens (tertiary/aromatic N) is 2. The molecule has 0 aliphatic heterocycles. The van der Waals surface area contributed by atoms with Gasteiger partial charge in [-0.2, -0.15) is 5.10 Å². The van der Waals surface area contributed by atoms with Crippen LogP contribution in [0, 0.1) is 0 Å². The van der Waals surface area contributed by atoms with Crippen LogP contribution in [0.15, 0.2) is 35.4 Å². The molecule has 17 heavy (non-hydrogen) atoms. The van der Waals surface area contributed by atoms with Crippen molar-refractivity contribution in [1.82, 2.24) is 15.2 Å². The smallest absolute Gasteiger partial charge is 0.264 e. The Balaban J connectivity index is 2.32. The van der Waals surface area contributed by atoms with Crippen molar-refractivity contribution in [3.63, 3.8) is 0 Å². The van der Waals surface area contributed by atoms with Gasteiger partial charge < -0.3 is 4.74 Å².